The topological polar surface area (TPSA) is 45.3 Å². The van der Waals surface area contributed by atoms with Gasteiger partial charge in [0.05, 0.1) is 12.8 Å². The van der Waals surface area contributed by atoms with Crippen molar-refractivity contribution in [3.05, 3.63) is 48.0 Å². The first-order chi connectivity index (χ1) is 13.1. The van der Waals surface area contributed by atoms with Gasteiger partial charge in [0, 0.05) is 51.5 Å². The van der Waals surface area contributed by atoms with Crippen LogP contribution in [0.3, 0.4) is 0 Å². The highest BCUT2D eigenvalue weighted by atomic mass is 16.5. The highest BCUT2D eigenvalue weighted by Gasteiger charge is 2.23. The average Bonchev–Trinajstić information content (AvgIpc) is 2.71. The average molecular weight is 367 g/mol. The first-order valence-corrected chi connectivity index (χ1v) is 9.27. The Labute approximate surface area is 159 Å². The molecule has 2 aliphatic rings. The number of anilines is 2. The molecule has 1 fully saturated rings. The number of rotatable bonds is 4. The van der Waals surface area contributed by atoms with E-state index in [2.05, 4.69) is 34.1 Å². The van der Waals surface area contributed by atoms with Gasteiger partial charge in [-0.3, -0.25) is 9.69 Å². The number of hydrogen-bond acceptors (Lipinski definition) is 5. The second kappa shape index (κ2) is 7.48. The van der Waals surface area contributed by atoms with E-state index in [0.717, 1.165) is 49.9 Å². The number of methoxy groups -OCH3 is 1. The Morgan fingerprint density at radius 2 is 1.89 bits per heavy atom. The number of benzene rings is 2. The van der Waals surface area contributed by atoms with E-state index in [0.29, 0.717) is 0 Å². The van der Waals surface area contributed by atoms with E-state index in [1.807, 2.05) is 18.2 Å². The summed E-state index contributed by atoms with van der Waals surface area (Å²) in [5.41, 5.74) is 3.27. The van der Waals surface area contributed by atoms with Crippen LogP contribution >= 0.6 is 0 Å². The third-order valence-electron chi connectivity index (χ3n) is 5.31. The summed E-state index contributed by atoms with van der Waals surface area (Å²) < 4.78 is 10.9. The SMILES string of the molecule is COc1cccc(N2CCN(Cc3ccc4c(c3)OCC(=O)N4C)CC2)c1. The van der Waals surface area contributed by atoms with E-state index < -0.39 is 0 Å². The van der Waals surface area contributed by atoms with Gasteiger partial charge in [-0.15, -0.1) is 0 Å². The van der Waals surface area contributed by atoms with E-state index in [1.54, 1.807) is 19.1 Å². The summed E-state index contributed by atoms with van der Waals surface area (Å²) in [5, 5.41) is 0. The van der Waals surface area contributed by atoms with Crippen molar-refractivity contribution in [3.63, 3.8) is 0 Å². The molecule has 27 heavy (non-hydrogen) atoms. The zero-order chi connectivity index (χ0) is 18.8. The van der Waals surface area contributed by atoms with E-state index in [1.165, 1.54) is 11.3 Å². The molecule has 4 rings (SSSR count). The number of piperazine rings is 1. The molecule has 6 nitrogen and oxygen atoms in total. The van der Waals surface area contributed by atoms with Gasteiger partial charge in [0.15, 0.2) is 6.61 Å². The second-order valence-electron chi connectivity index (χ2n) is 7.01. The predicted octanol–water partition coefficient (Wildman–Crippen LogP) is 2.37. The van der Waals surface area contributed by atoms with Crippen molar-refractivity contribution in [2.24, 2.45) is 0 Å². The molecular formula is C21H25N3O3. The lowest BCUT2D eigenvalue weighted by atomic mass is 10.1. The summed E-state index contributed by atoms with van der Waals surface area (Å²) in [7, 11) is 3.49. The zero-order valence-corrected chi connectivity index (χ0v) is 15.9. The monoisotopic (exact) mass is 367 g/mol. The fourth-order valence-electron chi connectivity index (χ4n) is 3.65. The third kappa shape index (κ3) is 3.71. The van der Waals surface area contributed by atoms with Crippen LogP contribution in [-0.4, -0.2) is 57.8 Å². The molecule has 2 aromatic carbocycles. The van der Waals surface area contributed by atoms with Crippen molar-refractivity contribution in [2.45, 2.75) is 6.54 Å². The van der Waals surface area contributed by atoms with E-state index >= 15 is 0 Å². The first kappa shape index (κ1) is 17.7. The molecule has 2 aromatic rings. The molecule has 0 N–H and O–H groups in total. The van der Waals surface area contributed by atoms with Gasteiger partial charge < -0.3 is 19.3 Å². The molecule has 2 heterocycles. The van der Waals surface area contributed by atoms with Gasteiger partial charge in [-0.1, -0.05) is 12.1 Å². The number of carbonyl (C=O) groups is 1. The van der Waals surface area contributed by atoms with Gasteiger partial charge in [-0.25, -0.2) is 0 Å². The van der Waals surface area contributed by atoms with Gasteiger partial charge in [0.2, 0.25) is 0 Å². The van der Waals surface area contributed by atoms with Crippen LogP contribution in [0.15, 0.2) is 42.5 Å². The Morgan fingerprint density at radius 3 is 2.67 bits per heavy atom. The molecule has 142 valence electrons. The van der Waals surface area contributed by atoms with E-state index in [9.17, 15) is 4.79 Å². The molecule has 1 saturated heterocycles. The summed E-state index contributed by atoms with van der Waals surface area (Å²) in [6.45, 7) is 5.01. The minimum atomic E-state index is -0.0103. The number of fused-ring (bicyclic) bond motifs is 1. The normalized spacial score (nSPS) is 17.5. The fourth-order valence-corrected chi connectivity index (χ4v) is 3.65. The molecule has 0 bridgehead atoms. The van der Waals surface area contributed by atoms with Crippen LogP contribution in [0.1, 0.15) is 5.56 Å². The van der Waals surface area contributed by atoms with Crippen LogP contribution < -0.4 is 19.3 Å². The molecule has 0 radical (unpaired) electrons. The van der Waals surface area contributed by atoms with Crippen LogP contribution in [-0.2, 0) is 11.3 Å². The Morgan fingerprint density at radius 1 is 1.07 bits per heavy atom. The van der Waals surface area contributed by atoms with Crippen molar-refractivity contribution >= 4 is 17.3 Å². The number of likely N-dealkylation sites (N-methyl/N-ethyl adjacent to an activating group) is 1. The van der Waals surface area contributed by atoms with Gasteiger partial charge in [0.1, 0.15) is 11.5 Å². The molecule has 0 aliphatic carbocycles. The minimum absolute atomic E-state index is 0.0103. The Bertz CT molecular complexity index is 831. The van der Waals surface area contributed by atoms with Crippen LogP contribution in [0.4, 0.5) is 11.4 Å². The molecule has 0 atom stereocenters. The summed E-state index contributed by atoms with van der Waals surface area (Å²) in [6, 6.07) is 14.4. The first-order valence-electron chi connectivity index (χ1n) is 9.27. The van der Waals surface area contributed by atoms with Crippen molar-refractivity contribution in [2.75, 3.05) is 56.7 Å². The Balaban J connectivity index is 1.37. The largest absolute Gasteiger partial charge is 0.497 e. The zero-order valence-electron chi connectivity index (χ0n) is 15.9. The lowest BCUT2D eigenvalue weighted by Gasteiger charge is -2.36. The van der Waals surface area contributed by atoms with Crippen LogP contribution in [0.25, 0.3) is 0 Å². The number of nitrogens with zero attached hydrogens (tertiary/aromatic N) is 3. The molecule has 0 spiro atoms. The standard InChI is InChI=1S/C21H25N3O3/c1-22-19-7-6-16(12-20(19)27-15-21(22)25)14-23-8-10-24(11-9-23)17-4-3-5-18(13-17)26-2/h3-7,12-13H,8-11,14-15H2,1-2H3. The molecule has 1 amide bonds. The highest BCUT2D eigenvalue weighted by Crippen LogP contribution is 2.32. The van der Waals surface area contributed by atoms with Crippen molar-refractivity contribution < 1.29 is 14.3 Å². The Kier molecular flexibility index (Phi) is 4.90. The maximum atomic E-state index is 11.7. The predicted molar refractivity (Wildman–Crippen MR) is 106 cm³/mol. The molecule has 0 unspecified atom stereocenters. The quantitative estimate of drug-likeness (QED) is 0.830. The van der Waals surface area contributed by atoms with Gasteiger partial charge in [-0.2, -0.15) is 0 Å². The van der Waals surface area contributed by atoms with Gasteiger partial charge in [0.25, 0.3) is 5.91 Å². The fraction of sp³-hybridized carbons (Fsp3) is 0.381. The van der Waals surface area contributed by atoms with E-state index in [-0.39, 0.29) is 12.5 Å². The lowest BCUT2D eigenvalue weighted by Crippen LogP contribution is -2.46. The van der Waals surface area contributed by atoms with Crippen LogP contribution in [0, 0.1) is 0 Å². The van der Waals surface area contributed by atoms with Gasteiger partial charge in [-0.05, 0) is 29.8 Å². The van der Waals surface area contributed by atoms with Gasteiger partial charge >= 0.3 is 0 Å². The smallest absolute Gasteiger partial charge is 0.264 e. The van der Waals surface area contributed by atoms with Crippen molar-refractivity contribution in [3.8, 4) is 11.5 Å². The lowest BCUT2D eigenvalue weighted by molar-refractivity contribution is -0.120. The van der Waals surface area contributed by atoms with Crippen LogP contribution in [0.2, 0.25) is 0 Å². The second-order valence-corrected chi connectivity index (χ2v) is 7.01. The Hall–Kier alpha value is -2.73. The number of hydrogen-bond donors (Lipinski definition) is 0. The maximum Gasteiger partial charge on any atom is 0.264 e. The summed E-state index contributed by atoms with van der Waals surface area (Å²) in [5.74, 6) is 1.68. The maximum absolute atomic E-state index is 11.7. The van der Waals surface area contributed by atoms with E-state index in [4.69, 9.17) is 9.47 Å². The molecule has 6 heteroatoms. The number of amides is 1. The van der Waals surface area contributed by atoms with Crippen molar-refractivity contribution in [1.29, 1.82) is 0 Å². The minimum Gasteiger partial charge on any atom is -0.497 e. The third-order valence-corrected chi connectivity index (χ3v) is 5.31. The summed E-state index contributed by atoms with van der Waals surface area (Å²) in [4.78, 5) is 18.2. The number of carbonyl (C=O) groups excluding carboxylic acids is 1. The van der Waals surface area contributed by atoms with Crippen molar-refractivity contribution in [1.82, 2.24) is 4.90 Å². The molecular weight excluding hydrogens is 342 g/mol. The van der Waals surface area contributed by atoms with Crippen LogP contribution in [0.5, 0.6) is 11.5 Å². The highest BCUT2D eigenvalue weighted by molar-refractivity contribution is 5.97. The molecule has 0 saturated carbocycles. The number of ether oxygens (including phenoxy) is 2. The summed E-state index contributed by atoms with van der Waals surface area (Å²) in [6.07, 6.45) is 0. The molecule has 0 aromatic heterocycles. The summed E-state index contributed by atoms with van der Waals surface area (Å²) >= 11 is 0. The molecule has 2 aliphatic heterocycles.